The maximum Gasteiger partial charge on any atom is 0.152 e. The molecular weight excluding hydrogens is 274 g/mol. The van der Waals surface area contributed by atoms with Crippen molar-refractivity contribution in [3.05, 3.63) is 16.4 Å². The van der Waals surface area contributed by atoms with E-state index in [1.165, 1.54) is 0 Å². The summed E-state index contributed by atoms with van der Waals surface area (Å²) in [4.78, 5) is 0. The Labute approximate surface area is 112 Å². The zero-order valence-electron chi connectivity index (χ0n) is 10.6. The molecule has 2 N–H and O–H groups in total. The van der Waals surface area contributed by atoms with Crippen LogP contribution in [0.1, 0.15) is 24.7 Å². The Morgan fingerprint density at radius 1 is 1.56 bits per heavy atom. The van der Waals surface area contributed by atoms with Gasteiger partial charge < -0.3 is 5.73 Å². The van der Waals surface area contributed by atoms with Crippen LogP contribution in [-0.2, 0) is 29.7 Å². The van der Waals surface area contributed by atoms with E-state index in [0.29, 0.717) is 17.9 Å². The summed E-state index contributed by atoms with van der Waals surface area (Å²) < 4.78 is 24.8. The molecule has 0 aliphatic carbocycles. The number of hydrogen-bond donors (Lipinski definition) is 1. The van der Waals surface area contributed by atoms with E-state index in [9.17, 15) is 8.42 Å². The molecule has 5 nitrogen and oxygen atoms in total. The first kappa shape index (κ1) is 13.8. The average Bonchev–Trinajstić information content (AvgIpc) is 2.69. The summed E-state index contributed by atoms with van der Waals surface area (Å²) >= 11 is 6.25. The fourth-order valence-electron chi connectivity index (χ4n) is 2.43. The Bertz CT molecular complexity index is 567. The normalized spacial score (nSPS) is 26.7. The molecule has 0 saturated carbocycles. The van der Waals surface area contributed by atoms with Crippen LogP contribution in [0.4, 0.5) is 0 Å². The summed E-state index contributed by atoms with van der Waals surface area (Å²) in [5.74, 6) is 0.197. The number of nitrogens with two attached hydrogens (primary N) is 1. The van der Waals surface area contributed by atoms with E-state index >= 15 is 0 Å². The van der Waals surface area contributed by atoms with E-state index in [-0.39, 0.29) is 11.5 Å². The third-order valence-electron chi connectivity index (χ3n) is 3.44. The minimum Gasteiger partial charge on any atom is -0.324 e. The summed E-state index contributed by atoms with van der Waals surface area (Å²) in [6.45, 7) is 1.98. The SMILES string of the molecule is CCc1nn(C)c(CC2(N)CCS(=O)(=O)C2)c1Cl. The Morgan fingerprint density at radius 2 is 2.22 bits per heavy atom. The van der Waals surface area contributed by atoms with Crippen molar-refractivity contribution in [1.29, 1.82) is 0 Å². The van der Waals surface area contributed by atoms with Gasteiger partial charge in [0.1, 0.15) is 0 Å². The molecule has 1 aliphatic rings. The van der Waals surface area contributed by atoms with Crippen LogP contribution >= 0.6 is 11.6 Å². The van der Waals surface area contributed by atoms with Gasteiger partial charge in [-0.2, -0.15) is 5.10 Å². The van der Waals surface area contributed by atoms with Crippen LogP contribution in [0.15, 0.2) is 0 Å². The van der Waals surface area contributed by atoms with Gasteiger partial charge in [-0.15, -0.1) is 0 Å². The van der Waals surface area contributed by atoms with Crippen LogP contribution in [-0.4, -0.2) is 35.2 Å². The number of rotatable bonds is 3. The van der Waals surface area contributed by atoms with Crippen molar-refractivity contribution in [1.82, 2.24) is 9.78 Å². The molecule has 1 aromatic rings. The van der Waals surface area contributed by atoms with Crippen LogP contribution in [0.25, 0.3) is 0 Å². The fraction of sp³-hybridized carbons (Fsp3) is 0.727. The summed E-state index contributed by atoms with van der Waals surface area (Å²) in [6, 6.07) is 0. The molecule has 0 bridgehead atoms. The van der Waals surface area contributed by atoms with E-state index in [4.69, 9.17) is 17.3 Å². The maximum absolute atomic E-state index is 11.5. The first-order valence-electron chi connectivity index (χ1n) is 5.96. The second kappa shape index (κ2) is 4.51. The standard InChI is InChI=1S/C11H18ClN3O2S/c1-3-8-10(12)9(15(2)14-8)6-11(13)4-5-18(16,17)7-11/h3-7,13H2,1-2H3. The number of aromatic nitrogens is 2. The van der Waals surface area contributed by atoms with Crippen molar-refractivity contribution in [2.24, 2.45) is 12.8 Å². The molecule has 1 atom stereocenters. The van der Waals surface area contributed by atoms with Crippen molar-refractivity contribution >= 4 is 21.4 Å². The maximum atomic E-state index is 11.5. The molecule has 2 heterocycles. The lowest BCUT2D eigenvalue weighted by molar-refractivity contribution is 0.460. The highest BCUT2D eigenvalue weighted by Gasteiger charge is 2.40. The van der Waals surface area contributed by atoms with E-state index in [1.807, 2.05) is 14.0 Å². The largest absolute Gasteiger partial charge is 0.324 e. The topological polar surface area (TPSA) is 78.0 Å². The Kier molecular flexibility index (Phi) is 3.46. The minimum absolute atomic E-state index is 0.0307. The molecular formula is C11H18ClN3O2S. The summed E-state index contributed by atoms with van der Waals surface area (Å²) in [7, 11) is -1.18. The molecule has 7 heteroatoms. The van der Waals surface area contributed by atoms with Gasteiger partial charge in [0.15, 0.2) is 9.84 Å². The molecule has 0 spiro atoms. The van der Waals surface area contributed by atoms with Gasteiger partial charge in [-0.1, -0.05) is 18.5 Å². The van der Waals surface area contributed by atoms with Crippen molar-refractivity contribution in [2.45, 2.75) is 31.7 Å². The van der Waals surface area contributed by atoms with Crippen molar-refractivity contribution < 1.29 is 8.42 Å². The minimum atomic E-state index is -3.00. The van der Waals surface area contributed by atoms with Crippen molar-refractivity contribution in [3.63, 3.8) is 0 Å². The average molecular weight is 292 g/mol. The van der Waals surface area contributed by atoms with Crippen molar-refractivity contribution in [2.75, 3.05) is 11.5 Å². The predicted octanol–water partition coefficient (Wildman–Crippen LogP) is 0.694. The molecule has 1 aliphatic heterocycles. The predicted molar refractivity (Wildman–Crippen MR) is 71.5 cm³/mol. The highest BCUT2D eigenvalue weighted by molar-refractivity contribution is 7.91. The molecule has 1 fully saturated rings. The molecule has 0 radical (unpaired) electrons. The molecule has 0 aromatic carbocycles. The first-order valence-corrected chi connectivity index (χ1v) is 8.16. The van der Waals surface area contributed by atoms with Gasteiger partial charge in [-0.25, -0.2) is 8.42 Å². The summed E-state index contributed by atoms with van der Waals surface area (Å²) in [6.07, 6.45) is 1.69. The first-order chi connectivity index (χ1) is 8.26. The number of nitrogens with zero attached hydrogens (tertiary/aromatic N) is 2. The van der Waals surface area contributed by atoms with E-state index in [1.54, 1.807) is 4.68 Å². The van der Waals surface area contributed by atoms with Gasteiger partial charge in [0.05, 0.1) is 27.9 Å². The second-order valence-electron chi connectivity index (χ2n) is 5.07. The van der Waals surface area contributed by atoms with E-state index in [0.717, 1.165) is 17.8 Å². The van der Waals surface area contributed by atoms with Gasteiger partial charge in [0.25, 0.3) is 0 Å². The van der Waals surface area contributed by atoms with Gasteiger partial charge in [-0.05, 0) is 12.8 Å². The van der Waals surface area contributed by atoms with E-state index in [2.05, 4.69) is 5.10 Å². The lowest BCUT2D eigenvalue weighted by atomic mass is 9.94. The summed E-state index contributed by atoms with van der Waals surface area (Å²) in [5, 5.41) is 4.94. The Balaban J connectivity index is 2.28. The number of halogens is 1. The third-order valence-corrected chi connectivity index (χ3v) is 5.72. The molecule has 1 aromatic heterocycles. The van der Waals surface area contributed by atoms with Crippen LogP contribution < -0.4 is 5.73 Å². The quantitative estimate of drug-likeness (QED) is 0.889. The van der Waals surface area contributed by atoms with Crippen LogP contribution in [0.3, 0.4) is 0 Å². The molecule has 1 unspecified atom stereocenters. The van der Waals surface area contributed by atoms with Gasteiger partial charge in [0.2, 0.25) is 0 Å². The van der Waals surface area contributed by atoms with Crippen LogP contribution in [0, 0.1) is 0 Å². The fourth-order valence-corrected chi connectivity index (χ4v) is 4.77. The number of hydrogen-bond acceptors (Lipinski definition) is 4. The van der Waals surface area contributed by atoms with Gasteiger partial charge >= 0.3 is 0 Å². The Morgan fingerprint density at radius 3 is 2.67 bits per heavy atom. The molecule has 2 rings (SSSR count). The molecule has 102 valence electrons. The third kappa shape index (κ3) is 2.55. The lowest BCUT2D eigenvalue weighted by Gasteiger charge is -2.22. The Hall–Kier alpha value is -0.590. The second-order valence-corrected chi connectivity index (χ2v) is 7.63. The summed E-state index contributed by atoms with van der Waals surface area (Å²) in [5.41, 5.74) is 7.13. The lowest BCUT2D eigenvalue weighted by Crippen LogP contribution is -2.43. The molecule has 18 heavy (non-hydrogen) atoms. The van der Waals surface area contributed by atoms with Crippen LogP contribution in [0.5, 0.6) is 0 Å². The number of sulfone groups is 1. The molecule has 0 amide bonds. The van der Waals surface area contributed by atoms with E-state index < -0.39 is 15.4 Å². The highest BCUT2D eigenvalue weighted by atomic mass is 35.5. The van der Waals surface area contributed by atoms with Gasteiger partial charge in [0, 0.05) is 19.0 Å². The zero-order valence-corrected chi connectivity index (χ0v) is 12.2. The number of aryl methyl sites for hydroxylation is 2. The smallest absolute Gasteiger partial charge is 0.152 e. The molecule has 1 saturated heterocycles. The van der Waals surface area contributed by atoms with Gasteiger partial charge in [-0.3, -0.25) is 4.68 Å². The highest BCUT2D eigenvalue weighted by Crippen LogP contribution is 2.29. The van der Waals surface area contributed by atoms with Crippen LogP contribution in [0.2, 0.25) is 5.02 Å². The zero-order chi connectivity index (χ0) is 13.6. The van der Waals surface area contributed by atoms with Crippen molar-refractivity contribution in [3.8, 4) is 0 Å². The monoisotopic (exact) mass is 291 g/mol.